The molecule has 8 heteroatoms. The lowest BCUT2D eigenvalue weighted by Gasteiger charge is -2.24. The van der Waals surface area contributed by atoms with Crippen LogP contribution in [0.1, 0.15) is 28.4 Å². The smallest absolute Gasteiger partial charge is 0.255 e. The number of carbonyl (C=O) groups is 2. The number of aromatic nitrogens is 2. The molecule has 29 heavy (non-hydrogen) atoms. The molecule has 3 aromatic rings. The maximum atomic E-state index is 14.2. The highest BCUT2D eigenvalue weighted by Gasteiger charge is 2.32. The fourth-order valence-corrected chi connectivity index (χ4v) is 3.78. The molecule has 1 aliphatic heterocycles. The van der Waals surface area contributed by atoms with Gasteiger partial charge in [0.15, 0.2) is 0 Å². The maximum absolute atomic E-state index is 14.2. The number of carbonyl (C=O) groups excluding carboxylic acids is 2. The van der Waals surface area contributed by atoms with Crippen LogP contribution in [0.5, 0.6) is 0 Å². The first-order valence-corrected chi connectivity index (χ1v) is 9.52. The van der Waals surface area contributed by atoms with E-state index in [0.29, 0.717) is 23.7 Å². The Balaban J connectivity index is 1.65. The summed E-state index contributed by atoms with van der Waals surface area (Å²) < 4.78 is 14.2. The normalized spacial score (nSPS) is 17.0. The first-order valence-electron chi connectivity index (χ1n) is 9.14. The van der Waals surface area contributed by atoms with Gasteiger partial charge in [0.25, 0.3) is 5.91 Å². The third-order valence-electron chi connectivity index (χ3n) is 5.00. The summed E-state index contributed by atoms with van der Waals surface area (Å²) >= 11 is 6.13. The number of hydrogen-bond donors (Lipinski definition) is 3. The van der Waals surface area contributed by atoms with Crippen LogP contribution < -0.4 is 10.6 Å². The van der Waals surface area contributed by atoms with Crippen molar-refractivity contribution in [1.82, 2.24) is 20.8 Å². The van der Waals surface area contributed by atoms with Gasteiger partial charge in [-0.3, -0.25) is 14.7 Å². The zero-order valence-corrected chi connectivity index (χ0v) is 16.0. The molecule has 4 rings (SSSR count). The zero-order valence-electron chi connectivity index (χ0n) is 15.3. The molecule has 0 spiro atoms. The lowest BCUT2D eigenvalue weighted by molar-refractivity contribution is -0.119. The van der Waals surface area contributed by atoms with Gasteiger partial charge in [-0.25, -0.2) is 4.39 Å². The van der Waals surface area contributed by atoms with E-state index in [0.717, 1.165) is 5.56 Å². The van der Waals surface area contributed by atoms with Gasteiger partial charge in [-0.2, -0.15) is 5.10 Å². The molecule has 6 nitrogen and oxygen atoms in total. The van der Waals surface area contributed by atoms with Crippen LogP contribution in [0.15, 0.2) is 54.7 Å². The highest BCUT2D eigenvalue weighted by molar-refractivity contribution is 6.30. The molecule has 3 N–H and O–H groups in total. The molecular formula is C21H18ClFN4O2. The number of aromatic amines is 1. The maximum Gasteiger partial charge on any atom is 0.255 e. The molecule has 1 aromatic heterocycles. The van der Waals surface area contributed by atoms with Crippen molar-refractivity contribution in [2.24, 2.45) is 5.92 Å². The van der Waals surface area contributed by atoms with Gasteiger partial charge in [0, 0.05) is 29.5 Å². The molecule has 0 radical (unpaired) electrons. The summed E-state index contributed by atoms with van der Waals surface area (Å²) in [7, 11) is 0. The van der Waals surface area contributed by atoms with Crippen molar-refractivity contribution < 1.29 is 14.0 Å². The molecule has 1 aliphatic rings. The minimum Gasteiger partial charge on any atom is -0.356 e. The molecule has 0 aliphatic carbocycles. The topological polar surface area (TPSA) is 86.9 Å². The van der Waals surface area contributed by atoms with Crippen molar-refractivity contribution in [3.8, 4) is 11.3 Å². The standard InChI is InChI=1S/C21H18ClFN4O2/c22-14-5-3-4-12(8-14)19(13-9-18(28)24-10-13)26-21(29)16-11-25-27-20(16)15-6-1-2-7-17(15)23/h1-8,11,13,19H,9-10H2,(H,24,28)(H,25,27)(H,26,29)/t13-,19+/m1/s1. The minimum atomic E-state index is -0.456. The SMILES string of the molecule is O=C1C[C@@H]([C@@H](NC(=O)c2cn[nH]c2-c2ccccc2F)c2cccc(Cl)c2)CN1. The average Bonchev–Trinajstić information content (AvgIpc) is 3.35. The van der Waals surface area contributed by atoms with Crippen LogP contribution in [-0.2, 0) is 4.79 Å². The first kappa shape index (κ1) is 19.1. The number of H-pyrrole nitrogens is 1. The molecule has 0 bridgehead atoms. The lowest BCUT2D eigenvalue weighted by Crippen LogP contribution is -2.34. The largest absolute Gasteiger partial charge is 0.356 e. The van der Waals surface area contributed by atoms with Gasteiger partial charge in [-0.1, -0.05) is 35.9 Å². The van der Waals surface area contributed by atoms with Gasteiger partial charge in [0.1, 0.15) is 5.82 Å². The Hall–Kier alpha value is -3.19. The Kier molecular flexibility index (Phi) is 5.31. The number of rotatable bonds is 5. The van der Waals surface area contributed by atoms with E-state index in [9.17, 15) is 14.0 Å². The van der Waals surface area contributed by atoms with Crippen molar-refractivity contribution in [3.05, 3.63) is 76.7 Å². The number of nitrogens with zero attached hydrogens (tertiary/aromatic N) is 1. The molecule has 2 amide bonds. The predicted molar refractivity (Wildman–Crippen MR) is 107 cm³/mol. The summed E-state index contributed by atoms with van der Waals surface area (Å²) in [4.78, 5) is 24.8. The number of halogens is 2. The zero-order chi connectivity index (χ0) is 20.4. The quantitative estimate of drug-likeness (QED) is 0.599. The summed E-state index contributed by atoms with van der Waals surface area (Å²) in [5, 5.41) is 12.9. The Labute approximate surface area is 171 Å². The average molecular weight is 413 g/mol. The van der Waals surface area contributed by atoms with Crippen LogP contribution in [0.3, 0.4) is 0 Å². The molecule has 2 heterocycles. The molecule has 2 atom stereocenters. The molecule has 1 saturated heterocycles. The molecule has 0 unspecified atom stereocenters. The van der Waals surface area contributed by atoms with E-state index < -0.39 is 17.8 Å². The summed E-state index contributed by atoms with van der Waals surface area (Å²) in [5.74, 6) is -1.07. The molecule has 148 valence electrons. The van der Waals surface area contributed by atoms with Crippen molar-refractivity contribution in [3.63, 3.8) is 0 Å². The summed E-state index contributed by atoms with van der Waals surface area (Å²) in [6, 6.07) is 12.9. The van der Waals surface area contributed by atoms with Crippen LogP contribution >= 0.6 is 11.6 Å². The summed E-state index contributed by atoms with van der Waals surface area (Å²) in [6.45, 7) is 0.446. The van der Waals surface area contributed by atoms with E-state index in [1.165, 1.54) is 12.3 Å². The number of hydrogen-bond acceptors (Lipinski definition) is 3. The van der Waals surface area contributed by atoms with Crippen molar-refractivity contribution >= 4 is 23.4 Å². The first-order chi connectivity index (χ1) is 14.0. The van der Waals surface area contributed by atoms with Crippen molar-refractivity contribution in [2.45, 2.75) is 12.5 Å². The Morgan fingerprint density at radius 3 is 2.79 bits per heavy atom. The van der Waals surface area contributed by atoms with Crippen LogP contribution in [0.2, 0.25) is 5.02 Å². The molecule has 2 aromatic carbocycles. The molecule has 0 saturated carbocycles. The lowest BCUT2D eigenvalue weighted by atomic mass is 9.91. The van der Waals surface area contributed by atoms with Crippen LogP contribution in [0.25, 0.3) is 11.3 Å². The van der Waals surface area contributed by atoms with Crippen molar-refractivity contribution in [2.75, 3.05) is 6.54 Å². The van der Waals surface area contributed by atoms with Gasteiger partial charge in [-0.15, -0.1) is 0 Å². The third kappa shape index (κ3) is 4.00. The van der Waals surface area contributed by atoms with Crippen LogP contribution in [0, 0.1) is 11.7 Å². The second-order valence-corrected chi connectivity index (χ2v) is 7.35. The van der Waals surface area contributed by atoms with Gasteiger partial charge >= 0.3 is 0 Å². The predicted octanol–water partition coefficient (Wildman–Crippen LogP) is 3.48. The fourth-order valence-electron chi connectivity index (χ4n) is 3.58. The second kappa shape index (κ2) is 8.05. The number of benzene rings is 2. The third-order valence-corrected chi connectivity index (χ3v) is 5.24. The number of nitrogens with one attached hydrogen (secondary N) is 3. The Morgan fingerprint density at radius 2 is 2.07 bits per heavy atom. The van der Waals surface area contributed by atoms with E-state index in [1.807, 2.05) is 6.07 Å². The van der Waals surface area contributed by atoms with Crippen LogP contribution in [0.4, 0.5) is 4.39 Å². The number of amides is 2. The monoisotopic (exact) mass is 412 g/mol. The van der Waals surface area contributed by atoms with Crippen molar-refractivity contribution in [1.29, 1.82) is 0 Å². The van der Waals surface area contributed by atoms with E-state index >= 15 is 0 Å². The van der Waals surface area contributed by atoms with Gasteiger partial charge < -0.3 is 10.6 Å². The molecule has 1 fully saturated rings. The Morgan fingerprint density at radius 1 is 1.24 bits per heavy atom. The minimum absolute atomic E-state index is 0.0633. The Bertz CT molecular complexity index is 1070. The summed E-state index contributed by atoms with van der Waals surface area (Å²) in [5.41, 5.74) is 1.57. The van der Waals surface area contributed by atoms with E-state index in [-0.39, 0.29) is 23.0 Å². The second-order valence-electron chi connectivity index (χ2n) is 6.91. The van der Waals surface area contributed by atoms with Crippen LogP contribution in [-0.4, -0.2) is 28.6 Å². The summed E-state index contributed by atoms with van der Waals surface area (Å²) in [6.07, 6.45) is 1.66. The van der Waals surface area contributed by atoms with E-state index in [4.69, 9.17) is 11.6 Å². The van der Waals surface area contributed by atoms with Gasteiger partial charge in [0.05, 0.1) is 23.5 Å². The van der Waals surface area contributed by atoms with Gasteiger partial charge in [-0.05, 0) is 29.8 Å². The van der Waals surface area contributed by atoms with E-state index in [2.05, 4.69) is 20.8 Å². The molecular weight excluding hydrogens is 395 g/mol. The highest BCUT2D eigenvalue weighted by Crippen LogP contribution is 2.30. The highest BCUT2D eigenvalue weighted by atomic mass is 35.5. The van der Waals surface area contributed by atoms with E-state index in [1.54, 1.807) is 36.4 Å². The van der Waals surface area contributed by atoms with Gasteiger partial charge in [0.2, 0.25) is 5.91 Å². The fraction of sp³-hybridized carbons (Fsp3) is 0.190.